The Balaban J connectivity index is 1.87. The second kappa shape index (κ2) is 5.51. The van der Waals surface area contributed by atoms with E-state index >= 15 is 0 Å². The SMILES string of the molecule is CN(C)S(=O)(=O)N1C[C@H]2CC[C@@H]1CN(c1ncccn1)C2. The molecule has 8 heteroatoms. The Morgan fingerprint density at radius 1 is 1.14 bits per heavy atom. The van der Waals surface area contributed by atoms with Gasteiger partial charge in [-0.3, -0.25) is 0 Å². The predicted octanol–water partition coefficient (Wildman–Crippen LogP) is 0.184. The fraction of sp³-hybridized carbons (Fsp3) is 0.692. The molecule has 3 aliphatic heterocycles. The molecule has 0 saturated carbocycles. The maximum absolute atomic E-state index is 12.5. The van der Waals surface area contributed by atoms with Crippen molar-refractivity contribution < 1.29 is 8.42 Å². The molecule has 3 fully saturated rings. The lowest BCUT2D eigenvalue weighted by molar-refractivity contribution is 0.220. The fourth-order valence-corrected chi connectivity index (χ4v) is 4.52. The Hall–Kier alpha value is -1.25. The molecule has 3 aliphatic rings. The monoisotopic (exact) mass is 311 g/mol. The zero-order valence-corrected chi connectivity index (χ0v) is 13.2. The molecule has 0 aliphatic carbocycles. The fourth-order valence-electron chi connectivity index (χ4n) is 3.15. The highest BCUT2D eigenvalue weighted by Gasteiger charge is 2.41. The van der Waals surface area contributed by atoms with E-state index in [0.717, 1.165) is 19.4 Å². The van der Waals surface area contributed by atoms with E-state index < -0.39 is 10.2 Å². The molecule has 1 aromatic rings. The van der Waals surface area contributed by atoms with Gasteiger partial charge in [0.1, 0.15) is 0 Å². The number of nitrogens with zero attached hydrogens (tertiary/aromatic N) is 5. The first kappa shape index (κ1) is 14.7. The highest BCUT2D eigenvalue weighted by atomic mass is 32.2. The Bertz CT molecular complexity index is 592. The van der Waals surface area contributed by atoms with E-state index in [1.165, 1.54) is 4.31 Å². The molecule has 4 rings (SSSR count). The highest BCUT2D eigenvalue weighted by molar-refractivity contribution is 7.86. The summed E-state index contributed by atoms with van der Waals surface area (Å²) in [5.74, 6) is 1.03. The summed E-state index contributed by atoms with van der Waals surface area (Å²) in [5.41, 5.74) is 0. The van der Waals surface area contributed by atoms with Gasteiger partial charge in [-0.25, -0.2) is 9.97 Å². The summed E-state index contributed by atoms with van der Waals surface area (Å²) in [6, 6.07) is 1.79. The van der Waals surface area contributed by atoms with Crippen LogP contribution in [0.4, 0.5) is 5.95 Å². The van der Waals surface area contributed by atoms with Crippen LogP contribution in [0.3, 0.4) is 0 Å². The van der Waals surface area contributed by atoms with Gasteiger partial charge in [-0.1, -0.05) is 0 Å². The summed E-state index contributed by atoms with van der Waals surface area (Å²) in [6.45, 7) is 2.07. The van der Waals surface area contributed by atoms with E-state index in [9.17, 15) is 8.42 Å². The largest absolute Gasteiger partial charge is 0.339 e. The van der Waals surface area contributed by atoms with E-state index in [4.69, 9.17) is 0 Å². The van der Waals surface area contributed by atoms with Crippen LogP contribution in [0.1, 0.15) is 12.8 Å². The van der Waals surface area contributed by atoms with Crippen LogP contribution in [-0.2, 0) is 10.2 Å². The van der Waals surface area contributed by atoms with Gasteiger partial charge < -0.3 is 4.90 Å². The third-order valence-corrected chi connectivity index (χ3v) is 6.22. The molecule has 0 amide bonds. The molecule has 1 aromatic heterocycles. The molecule has 21 heavy (non-hydrogen) atoms. The van der Waals surface area contributed by atoms with Crippen molar-refractivity contribution in [2.45, 2.75) is 18.9 Å². The number of anilines is 1. The van der Waals surface area contributed by atoms with Crippen LogP contribution in [0.15, 0.2) is 18.5 Å². The van der Waals surface area contributed by atoms with Gasteiger partial charge in [0.05, 0.1) is 0 Å². The number of aromatic nitrogens is 2. The van der Waals surface area contributed by atoms with Crippen LogP contribution in [0.5, 0.6) is 0 Å². The molecule has 2 bridgehead atoms. The topological polar surface area (TPSA) is 69.6 Å². The molecule has 0 aromatic carbocycles. The van der Waals surface area contributed by atoms with E-state index in [1.807, 2.05) is 0 Å². The van der Waals surface area contributed by atoms with Crippen LogP contribution < -0.4 is 4.90 Å². The minimum Gasteiger partial charge on any atom is -0.339 e. The van der Waals surface area contributed by atoms with Crippen molar-refractivity contribution in [3.05, 3.63) is 18.5 Å². The number of fused-ring (bicyclic) bond motifs is 4. The summed E-state index contributed by atoms with van der Waals surface area (Å²) < 4.78 is 27.9. The van der Waals surface area contributed by atoms with Crippen LogP contribution in [-0.4, -0.2) is 66.8 Å². The van der Waals surface area contributed by atoms with Gasteiger partial charge in [0.2, 0.25) is 5.95 Å². The lowest BCUT2D eigenvalue weighted by Crippen LogP contribution is -2.51. The summed E-state index contributed by atoms with van der Waals surface area (Å²) >= 11 is 0. The zero-order valence-electron chi connectivity index (χ0n) is 12.4. The van der Waals surface area contributed by atoms with Crippen LogP contribution in [0.2, 0.25) is 0 Å². The summed E-state index contributed by atoms with van der Waals surface area (Å²) in [5, 5.41) is 0. The quantitative estimate of drug-likeness (QED) is 0.797. The van der Waals surface area contributed by atoms with Crippen LogP contribution in [0.25, 0.3) is 0 Å². The predicted molar refractivity (Wildman–Crippen MR) is 80.1 cm³/mol. The van der Waals surface area contributed by atoms with Crippen molar-refractivity contribution in [2.24, 2.45) is 5.92 Å². The first-order chi connectivity index (χ1) is 9.98. The van der Waals surface area contributed by atoms with Gasteiger partial charge in [-0.05, 0) is 24.8 Å². The van der Waals surface area contributed by atoms with Gasteiger partial charge in [0.25, 0.3) is 10.2 Å². The second-order valence-electron chi connectivity index (χ2n) is 5.91. The number of rotatable bonds is 3. The molecule has 4 heterocycles. The van der Waals surface area contributed by atoms with E-state index in [0.29, 0.717) is 25.0 Å². The van der Waals surface area contributed by atoms with Gasteiger partial charge in [-0.2, -0.15) is 17.0 Å². The Labute approximate surface area is 125 Å². The summed E-state index contributed by atoms with van der Waals surface area (Å²) in [6.07, 6.45) is 5.42. The third-order valence-electron chi connectivity index (χ3n) is 4.26. The van der Waals surface area contributed by atoms with Crippen molar-refractivity contribution in [3.8, 4) is 0 Å². The van der Waals surface area contributed by atoms with Gasteiger partial charge >= 0.3 is 0 Å². The minimum atomic E-state index is -3.36. The molecule has 0 unspecified atom stereocenters. The maximum Gasteiger partial charge on any atom is 0.281 e. The highest BCUT2D eigenvalue weighted by Crippen LogP contribution is 2.31. The first-order valence-corrected chi connectivity index (χ1v) is 8.59. The van der Waals surface area contributed by atoms with Crippen molar-refractivity contribution in [3.63, 3.8) is 0 Å². The molecule has 7 nitrogen and oxygen atoms in total. The van der Waals surface area contributed by atoms with E-state index in [1.54, 1.807) is 36.9 Å². The smallest absolute Gasteiger partial charge is 0.281 e. The maximum atomic E-state index is 12.5. The number of hydrogen-bond acceptors (Lipinski definition) is 5. The average molecular weight is 311 g/mol. The average Bonchev–Trinajstić information content (AvgIpc) is 2.79. The Kier molecular flexibility index (Phi) is 3.85. The standard InChI is InChI=1S/C13H21N5O2S/c1-16(2)21(19,20)18-9-11-4-5-12(18)10-17(8-11)13-14-6-3-7-15-13/h3,6-7,11-12H,4-5,8-10H2,1-2H3/t11-,12+/m0/s1. The molecule has 3 saturated heterocycles. The minimum absolute atomic E-state index is 0.0000406. The lowest BCUT2D eigenvalue weighted by Gasteiger charge is -2.36. The van der Waals surface area contributed by atoms with Gasteiger partial charge in [0, 0.05) is 52.2 Å². The normalized spacial score (nSPS) is 27.1. The molecule has 0 radical (unpaired) electrons. The number of hydrogen-bond donors (Lipinski definition) is 0. The lowest BCUT2D eigenvalue weighted by atomic mass is 9.97. The second-order valence-corrected chi connectivity index (χ2v) is 8.01. The Morgan fingerprint density at radius 2 is 1.86 bits per heavy atom. The van der Waals surface area contributed by atoms with Crippen molar-refractivity contribution in [2.75, 3.05) is 38.6 Å². The zero-order chi connectivity index (χ0) is 15.0. The molecule has 116 valence electrons. The van der Waals surface area contributed by atoms with Crippen molar-refractivity contribution >= 4 is 16.2 Å². The third kappa shape index (κ3) is 2.75. The molecular formula is C13H21N5O2S. The van der Waals surface area contributed by atoms with Gasteiger partial charge in [0.15, 0.2) is 0 Å². The first-order valence-electron chi connectivity index (χ1n) is 7.19. The molecule has 0 N–H and O–H groups in total. The Morgan fingerprint density at radius 3 is 2.52 bits per heavy atom. The summed E-state index contributed by atoms with van der Waals surface area (Å²) in [7, 11) is -0.182. The van der Waals surface area contributed by atoms with Gasteiger partial charge in [-0.15, -0.1) is 0 Å². The molecule has 0 spiro atoms. The van der Waals surface area contributed by atoms with Crippen molar-refractivity contribution in [1.82, 2.24) is 18.6 Å². The summed E-state index contributed by atoms with van der Waals surface area (Å²) in [4.78, 5) is 10.7. The van der Waals surface area contributed by atoms with E-state index in [2.05, 4.69) is 14.9 Å². The molecule has 2 atom stereocenters. The molecular weight excluding hydrogens is 290 g/mol. The van der Waals surface area contributed by atoms with E-state index in [-0.39, 0.29) is 6.04 Å². The van der Waals surface area contributed by atoms with Crippen LogP contribution >= 0.6 is 0 Å². The van der Waals surface area contributed by atoms with Crippen molar-refractivity contribution in [1.29, 1.82) is 0 Å². The van der Waals surface area contributed by atoms with Crippen LogP contribution in [0, 0.1) is 5.92 Å². The number of piperidine rings is 1.